The average molecular weight is 365 g/mol. The van der Waals surface area contributed by atoms with E-state index >= 15 is 0 Å². The molecule has 122 valence electrons. The lowest BCUT2D eigenvalue weighted by molar-refractivity contribution is -0.384. The molecule has 0 saturated heterocycles. The first-order valence-corrected chi connectivity index (χ1v) is 7.57. The van der Waals surface area contributed by atoms with Crippen molar-refractivity contribution in [1.82, 2.24) is 5.16 Å². The molecule has 1 heterocycles. The largest absolute Gasteiger partial charge is 0.391 e. The number of aliphatic hydroxyl groups excluding tert-OH is 1. The van der Waals surface area contributed by atoms with Crippen molar-refractivity contribution in [2.75, 3.05) is 0 Å². The molecule has 0 fully saturated rings. The molecule has 0 unspecified atom stereocenters. The topological polar surface area (TPSA) is 89.4 Å². The number of nitro benzene ring substituents is 1. The Morgan fingerprint density at radius 3 is 2.42 bits per heavy atom. The van der Waals surface area contributed by atoms with Crippen LogP contribution in [0.3, 0.4) is 0 Å². The highest BCUT2D eigenvalue weighted by Crippen LogP contribution is 2.41. The zero-order chi connectivity index (χ0) is 17.3. The lowest BCUT2D eigenvalue weighted by Crippen LogP contribution is -1.94. The summed E-state index contributed by atoms with van der Waals surface area (Å²) in [6, 6.07) is 11.0. The van der Waals surface area contributed by atoms with E-state index in [9.17, 15) is 15.2 Å². The molecule has 3 aromatic rings. The number of para-hydroxylation sites is 1. The first-order chi connectivity index (χ1) is 11.5. The lowest BCUT2D eigenvalue weighted by Gasteiger charge is -2.05. The SMILES string of the molecule is O=[N+]([O-])c1ccccc1-c1onc(-c2c(Cl)cccc2Cl)c1CO. The highest BCUT2D eigenvalue weighted by Gasteiger charge is 2.26. The monoisotopic (exact) mass is 364 g/mol. The number of hydrogen-bond acceptors (Lipinski definition) is 5. The summed E-state index contributed by atoms with van der Waals surface area (Å²) in [6.45, 7) is -0.443. The number of halogens is 2. The number of aliphatic hydroxyl groups is 1. The standard InChI is InChI=1S/C16H10Cl2N2O4/c17-11-5-3-6-12(18)14(11)15-10(8-21)16(24-19-15)9-4-1-2-7-13(9)20(22)23/h1-7,21H,8H2. The third-order valence-electron chi connectivity index (χ3n) is 3.49. The normalized spacial score (nSPS) is 10.8. The average Bonchev–Trinajstić information content (AvgIpc) is 2.98. The van der Waals surface area contributed by atoms with E-state index in [2.05, 4.69) is 5.16 Å². The van der Waals surface area contributed by atoms with Gasteiger partial charge in [-0.2, -0.15) is 0 Å². The second kappa shape index (κ2) is 6.60. The number of nitrogens with zero attached hydrogens (tertiary/aromatic N) is 2. The molecule has 2 aromatic carbocycles. The van der Waals surface area contributed by atoms with E-state index in [0.29, 0.717) is 15.6 Å². The van der Waals surface area contributed by atoms with Crippen molar-refractivity contribution in [3.63, 3.8) is 0 Å². The van der Waals surface area contributed by atoms with Gasteiger partial charge in [-0.15, -0.1) is 0 Å². The second-order valence-electron chi connectivity index (χ2n) is 4.87. The molecule has 0 radical (unpaired) electrons. The minimum Gasteiger partial charge on any atom is -0.391 e. The molecule has 0 bridgehead atoms. The molecule has 0 amide bonds. The summed E-state index contributed by atoms with van der Waals surface area (Å²) < 4.78 is 5.30. The van der Waals surface area contributed by atoms with Crippen molar-refractivity contribution >= 4 is 28.9 Å². The molecule has 0 aliphatic carbocycles. The van der Waals surface area contributed by atoms with Gasteiger partial charge in [0.25, 0.3) is 5.69 Å². The highest BCUT2D eigenvalue weighted by atomic mass is 35.5. The third kappa shape index (κ3) is 2.75. The molecule has 1 N–H and O–H groups in total. The van der Waals surface area contributed by atoms with Crippen molar-refractivity contribution in [2.24, 2.45) is 0 Å². The Bertz CT molecular complexity index is 904. The van der Waals surface area contributed by atoms with Crippen LogP contribution in [0.1, 0.15) is 5.56 Å². The van der Waals surface area contributed by atoms with Gasteiger partial charge in [0, 0.05) is 11.6 Å². The van der Waals surface area contributed by atoms with Gasteiger partial charge >= 0.3 is 0 Å². The molecule has 24 heavy (non-hydrogen) atoms. The molecule has 1 aromatic heterocycles. The first-order valence-electron chi connectivity index (χ1n) is 6.82. The fourth-order valence-corrected chi connectivity index (χ4v) is 2.99. The van der Waals surface area contributed by atoms with Gasteiger partial charge in [0.2, 0.25) is 0 Å². The molecule has 8 heteroatoms. The van der Waals surface area contributed by atoms with Gasteiger partial charge in [-0.05, 0) is 18.2 Å². The summed E-state index contributed by atoms with van der Waals surface area (Å²) >= 11 is 12.3. The van der Waals surface area contributed by atoms with E-state index in [1.165, 1.54) is 12.1 Å². The number of nitro groups is 1. The van der Waals surface area contributed by atoms with Crippen LogP contribution in [0, 0.1) is 10.1 Å². The van der Waals surface area contributed by atoms with Gasteiger partial charge in [-0.3, -0.25) is 10.1 Å². The Kier molecular flexibility index (Phi) is 4.53. The van der Waals surface area contributed by atoms with Crippen LogP contribution in [0.15, 0.2) is 47.0 Å². The van der Waals surface area contributed by atoms with Gasteiger partial charge in [0.05, 0.1) is 32.7 Å². The Labute approximate surface area is 146 Å². The van der Waals surface area contributed by atoms with Crippen LogP contribution in [0.25, 0.3) is 22.6 Å². The Balaban J connectivity index is 2.25. The predicted molar refractivity (Wildman–Crippen MR) is 90.0 cm³/mol. The number of hydrogen-bond donors (Lipinski definition) is 1. The minimum atomic E-state index is -0.527. The molecule has 0 saturated carbocycles. The van der Waals surface area contributed by atoms with Gasteiger partial charge in [-0.1, -0.05) is 46.6 Å². The summed E-state index contributed by atoms with van der Waals surface area (Å²) in [5, 5.41) is 25.6. The summed E-state index contributed by atoms with van der Waals surface area (Å²) in [5.41, 5.74) is 0.993. The zero-order valence-electron chi connectivity index (χ0n) is 12.1. The quantitative estimate of drug-likeness (QED) is 0.534. The molecule has 3 rings (SSSR count). The van der Waals surface area contributed by atoms with Crippen molar-refractivity contribution < 1.29 is 14.6 Å². The van der Waals surface area contributed by atoms with E-state index in [1.54, 1.807) is 30.3 Å². The molecule has 0 aliphatic rings. The maximum Gasteiger partial charge on any atom is 0.280 e. The van der Waals surface area contributed by atoms with Crippen LogP contribution >= 0.6 is 23.2 Å². The molecule has 0 aliphatic heterocycles. The smallest absolute Gasteiger partial charge is 0.280 e. The van der Waals surface area contributed by atoms with Crippen LogP contribution in [0.4, 0.5) is 5.69 Å². The maximum absolute atomic E-state index is 11.2. The fourth-order valence-electron chi connectivity index (χ4n) is 2.41. The van der Waals surface area contributed by atoms with Gasteiger partial charge < -0.3 is 9.63 Å². The molecule has 0 atom stereocenters. The number of aromatic nitrogens is 1. The Morgan fingerprint density at radius 1 is 1.12 bits per heavy atom. The van der Waals surface area contributed by atoms with Crippen LogP contribution in [-0.4, -0.2) is 15.2 Å². The molecular weight excluding hydrogens is 355 g/mol. The minimum absolute atomic E-state index is 0.107. The molecule has 6 nitrogen and oxygen atoms in total. The van der Waals surface area contributed by atoms with Crippen molar-refractivity contribution in [2.45, 2.75) is 6.61 Å². The van der Waals surface area contributed by atoms with E-state index in [1.807, 2.05) is 0 Å². The number of rotatable bonds is 4. The van der Waals surface area contributed by atoms with Crippen LogP contribution in [0.2, 0.25) is 10.0 Å². The van der Waals surface area contributed by atoms with E-state index < -0.39 is 11.5 Å². The van der Waals surface area contributed by atoms with E-state index in [0.717, 1.165) is 0 Å². The lowest BCUT2D eigenvalue weighted by atomic mass is 10.0. The van der Waals surface area contributed by atoms with Crippen molar-refractivity contribution in [3.05, 3.63) is 68.2 Å². The van der Waals surface area contributed by atoms with E-state index in [-0.39, 0.29) is 28.3 Å². The van der Waals surface area contributed by atoms with Gasteiger partial charge in [0.15, 0.2) is 5.76 Å². The first kappa shape index (κ1) is 16.4. The summed E-state index contributed by atoms with van der Waals surface area (Å²) in [5.74, 6) is 0.107. The highest BCUT2D eigenvalue weighted by molar-refractivity contribution is 6.39. The van der Waals surface area contributed by atoms with Crippen LogP contribution < -0.4 is 0 Å². The molecule has 0 spiro atoms. The van der Waals surface area contributed by atoms with Crippen LogP contribution in [0.5, 0.6) is 0 Å². The zero-order valence-corrected chi connectivity index (χ0v) is 13.6. The Hall–Kier alpha value is -2.41. The van der Waals surface area contributed by atoms with Gasteiger partial charge in [0.1, 0.15) is 5.69 Å². The van der Waals surface area contributed by atoms with Crippen LogP contribution in [-0.2, 0) is 6.61 Å². The Morgan fingerprint density at radius 2 is 1.79 bits per heavy atom. The van der Waals surface area contributed by atoms with E-state index in [4.69, 9.17) is 27.7 Å². The maximum atomic E-state index is 11.2. The summed E-state index contributed by atoms with van der Waals surface area (Å²) in [4.78, 5) is 10.7. The summed E-state index contributed by atoms with van der Waals surface area (Å²) in [6.07, 6.45) is 0. The second-order valence-corrected chi connectivity index (χ2v) is 5.68. The third-order valence-corrected chi connectivity index (χ3v) is 4.12. The van der Waals surface area contributed by atoms with Crippen molar-refractivity contribution in [1.29, 1.82) is 0 Å². The number of benzene rings is 2. The summed E-state index contributed by atoms with van der Waals surface area (Å²) in [7, 11) is 0. The predicted octanol–water partition coefficient (Wildman–Crippen LogP) is 4.72. The van der Waals surface area contributed by atoms with Crippen molar-refractivity contribution in [3.8, 4) is 22.6 Å². The fraction of sp³-hybridized carbons (Fsp3) is 0.0625. The molecular formula is C16H10Cl2N2O4. The van der Waals surface area contributed by atoms with Gasteiger partial charge in [-0.25, -0.2) is 0 Å².